The first-order valence-electron chi connectivity index (χ1n) is 8.43. The number of hydrogen-bond donors (Lipinski definition) is 1. The molecule has 1 unspecified atom stereocenters. The van der Waals surface area contributed by atoms with Gasteiger partial charge in [0.25, 0.3) is 11.5 Å². The minimum atomic E-state index is -5.54. The maximum absolute atomic E-state index is 13.9. The lowest BCUT2D eigenvalue weighted by Crippen LogP contribution is -2.55. The van der Waals surface area contributed by atoms with Gasteiger partial charge in [-0.25, -0.2) is 9.18 Å². The Balaban J connectivity index is 2.36. The third-order valence-corrected chi connectivity index (χ3v) is 4.58. The van der Waals surface area contributed by atoms with Gasteiger partial charge in [-0.15, -0.1) is 0 Å². The molecule has 10 heteroatoms. The highest BCUT2D eigenvalue weighted by atomic mass is 19.4. The predicted octanol–water partition coefficient (Wildman–Crippen LogP) is 3.06. The Hall–Kier alpha value is -3.40. The number of anilines is 1. The van der Waals surface area contributed by atoms with E-state index in [9.17, 15) is 32.3 Å². The number of esters is 1. The van der Waals surface area contributed by atoms with E-state index in [4.69, 9.17) is 4.74 Å². The summed E-state index contributed by atoms with van der Waals surface area (Å²) < 4.78 is 64.5. The highest BCUT2D eigenvalue weighted by molar-refractivity contribution is 6.25. The number of aliphatic hydroxyl groups is 1. The van der Waals surface area contributed by atoms with Crippen molar-refractivity contribution in [1.29, 1.82) is 0 Å². The molecule has 1 N–H and O–H groups in total. The summed E-state index contributed by atoms with van der Waals surface area (Å²) in [6.45, 7) is 0. The molecular formula is C20H15F4NO5. The Morgan fingerprint density at radius 2 is 1.60 bits per heavy atom. The second-order valence-corrected chi connectivity index (χ2v) is 6.27. The zero-order valence-electron chi connectivity index (χ0n) is 15.7. The largest absolute Gasteiger partial charge is 0.497 e. The van der Waals surface area contributed by atoms with Crippen LogP contribution in [0.3, 0.4) is 0 Å². The van der Waals surface area contributed by atoms with Gasteiger partial charge in [-0.05, 0) is 54.1 Å². The van der Waals surface area contributed by atoms with Crippen molar-refractivity contribution in [3.8, 4) is 5.75 Å². The first-order valence-corrected chi connectivity index (χ1v) is 8.43. The molecular weight excluding hydrogens is 410 g/mol. The average Bonchev–Trinajstić information content (AvgIpc) is 2.96. The van der Waals surface area contributed by atoms with E-state index >= 15 is 0 Å². The topological polar surface area (TPSA) is 76.1 Å². The van der Waals surface area contributed by atoms with Crippen LogP contribution in [0.15, 0.2) is 54.1 Å². The number of hydrogen-bond acceptors (Lipinski definition) is 5. The molecule has 3 rings (SSSR count). The van der Waals surface area contributed by atoms with Gasteiger partial charge in [-0.1, -0.05) is 0 Å². The van der Waals surface area contributed by atoms with Crippen molar-refractivity contribution in [2.45, 2.75) is 11.8 Å². The van der Waals surface area contributed by atoms with Gasteiger partial charge in [0.2, 0.25) is 0 Å². The van der Waals surface area contributed by atoms with Crippen LogP contribution in [0, 0.1) is 5.82 Å². The third kappa shape index (κ3) is 3.18. The van der Waals surface area contributed by atoms with Gasteiger partial charge >= 0.3 is 12.1 Å². The van der Waals surface area contributed by atoms with E-state index in [1.807, 2.05) is 0 Å². The van der Waals surface area contributed by atoms with Gasteiger partial charge in [0.05, 0.1) is 19.9 Å². The fourth-order valence-electron chi connectivity index (χ4n) is 3.12. The number of ether oxygens (including phenoxy) is 2. The minimum Gasteiger partial charge on any atom is -0.497 e. The lowest BCUT2D eigenvalue weighted by atomic mass is 9.92. The van der Waals surface area contributed by atoms with Gasteiger partial charge in [-0.3, -0.25) is 9.69 Å². The van der Waals surface area contributed by atoms with E-state index in [0.29, 0.717) is 10.6 Å². The fourth-order valence-corrected chi connectivity index (χ4v) is 3.12. The van der Waals surface area contributed by atoms with E-state index in [1.54, 1.807) is 0 Å². The van der Waals surface area contributed by atoms with Crippen LogP contribution in [0.5, 0.6) is 5.75 Å². The van der Waals surface area contributed by atoms with Crippen LogP contribution in [0.1, 0.15) is 5.56 Å². The lowest BCUT2D eigenvalue weighted by molar-refractivity contribution is -0.236. The highest BCUT2D eigenvalue weighted by Crippen LogP contribution is 2.49. The van der Waals surface area contributed by atoms with E-state index in [-0.39, 0.29) is 11.3 Å². The molecule has 30 heavy (non-hydrogen) atoms. The van der Waals surface area contributed by atoms with Crippen LogP contribution in [0.4, 0.5) is 23.2 Å². The summed E-state index contributed by atoms with van der Waals surface area (Å²) in [7, 11) is 2.19. The summed E-state index contributed by atoms with van der Waals surface area (Å²) >= 11 is 0. The van der Waals surface area contributed by atoms with Gasteiger partial charge in [0, 0.05) is 5.69 Å². The molecule has 0 aromatic heterocycles. The maximum atomic E-state index is 13.9. The average molecular weight is 425 g/mol. The summed E-state index contributed by atoms with van der Waals surface area (Å²) in [4.78, 5) is 25.8. The standard InChI is InChI=1S/C20H15F4NO5/c1-29-14-9-7-13(8-10-14)25-16(11-3-5-12(21)6-4-11)15(17(26)30-2)19(28,18(25)27)20(22,23)24/h3-10,28H,1-2H3. The van der Waals surface area contributed by atoms with Crippen molar-refractivity contribution in [2.75, 3.05) is 19.1 Å². The fraction of sp³-hybridized carbons (Fsp3) is 0.200. The Bertz CT molecular complexity index is 1010. The molecule has 0 fully saturated rings. The molecule has 0 saturated carbocycles. The Kier molecular flexibility index (Phi) is 5.29. The molecule has 2 aromatic carbocycles. The third-order valence-electron chi connectivity index (χ3n) is 4.58. The maximum Gasteiger partial charge on any atom is 0.431 e. The van der Waals surface area contributed by atoms with Gasteiger partial charge in [0.1, 0.15) is 17.1 Å². The van der Waals surface area contributed by atoms with Crippen molar-refractivity contribution >= 4 is 23.3 Å². The monoisotopic (exact) mass is 425 g/mol. The van der Waals surface area contributed by atoms with E-state index in [1.165, 1.54) is 31.4 Å². The number of methoxy groups -OCH3 is 2. The molecule has 0 aliphatic carbocycles. The quantitative estimate of drug-likeness (QED) is 0.602. The number of halogens is 4. The Labute approximate surface area is 167 Å². The zero-order valence-corrected chi connectivity index (χ0v) is 15.7. The molecule has 1 atom stereocenters. The minimum absolute atomic E-state index is 0.0818. The van der Waals surface area contributed by atoms with Crippen LogP contribution >= 0.6 is 0 Å². The molecule has 0 radical (unpaired) electrons. The molecule has 158 valence electrons. The molecule has 6 nitrogen and oxygen atoms in total. The highest BCUT2D eigenvalue weighted by Gasteiger charge is 2.70. The number of carbonyl (C=O) groups excluding carboxylic acids is 2. The number of rotatable bonds is 4. The summed E-state index contributed by atoms with van der Waals surface area (Å²) in [6, 6.07) is 9.37. The molecule has 1 amide bonds. The molecule has 0 saturated heterocycles. The van der Waals surface area contributed by atoms with Crippen LogP contribution in [0.2, 0.25) is 0 Å². The number of benzene rings is 2. The molecule has 2 aromatic rings. The first-order chi connectivity index (χ1) is 14.1. The van der Waals surface area contributed by atoms with Crippen LogP contribution in [-0.2, 0) is 14.3 Å². The van der Waals surface area contributed by atoms with Crippen molar-refractivity contribution in [3.63, 3.8) is 0 Å². The zero-order chi connectivity index (χ0) is 22.3. The van der Waals surface area contributed by atoms with Gasteiger partial charge < -0.3 is 14.6 Å². The lowest BCUT2D eigenvalue weighted by Gasteiger charge is -2.27. The van der Waals surface area contributed by atoms with Crippen molar-refractivity contribution < 1.29 is 41.7 Å². The van der Waals surface area contributed by atoms with Crippen molar-refractivity contribution in [2.24, 2.45) is 0 Å². The van der Waals surface area contributed by atoms with Crippen molar-refractivity contribution in [1.82, 2.24) is 0 Å². The second kappa shape index (κ2) is 7.45. The van der Waals surface area contributed by atoms with Gasteiger partial charge in [0.15, 0.2) is 0 Å². The molecule has 0 bridgehead atoms. The molecule has 1 aliphatic heterocycles. The van der Waals surface area contributed by atoms with Gasteiger partial charge in [-0.2, -0.15) is 13.2 Å². The first kappa shape index (κ1) is 21.3. The second-order valence-electron chi connectivity index (χ2n) is 6.27. The summed E-state index contributed by atoms with van der Waals surface area (Å²) in [6.07, 6.45) is -5.54. The number of alkyl halides is 3. The number of nitrogens with zero attached hydrogens (tertiary/aromatic N) is 1. The molecule has 1 heterocycles. The smallest absolute Gasteiger partial charge is 0.431 e. The van der Waals surface area contributed by atoms with E-state index in [0.717, 1.165) is 31.4 Å². The SMILES string of the molecule is COC(=O)C1=C(c2ccc(F)cc2)N(c2ccc(OC)cc2)C(=O)C1(O)C(F)(F)F. The summed E-state index contributed by atoms with van der Waals surface area (Å²) in [5.74, 6) is -3.71. The normalized spacial score (nSPS) is 19.3. The Morgan fingerprint density at radius 1 is 1.03 bits per heavy atom. The Morgan fingerprint density at radius 3 is 2.07 bits per heavy atom. The number of carbonyl (C=O) groups is 2. The molecule has 0 spiro atoms. The number of amides is 1. The molecule has 1 aliphatic rings. The van der Waals surface area contributed by atoms with E-state index < -0.39 is 40.7 Å². The van der Waals surface area contributed by atoms with Crippen molar-refractivity contribution in [3.05, 3.63) is 65.5 Å². The van der Waals surface area contributed by atoms with Crippen LogP contribution in [0.25, 0.3) is 5.70 Å². The summed E-state index contributed by atoms with van der Waals surface area (Å²) in [5.41, 5.74) is -6.24. The summed E-state index contributed by atoms with van der Waals surface area (Å²) in [5, 5.41) is 10.5. The van der Waals surface area contributed by atoms with Crippen LogP contribution in [-0.4, -0.2) is 43.0 Å². The van der Waals surface area contributed by atoms with Crippen LogP contribution < -0.4 is 9.64 Å². The predicted molar refractivity (Wildman–Crippen MR) is 96.8 cm³/mol. The van der Waals surface area contributed by atoms with E-state index in [2.05, 4.69) is 4.74 Å².